The van der Waals surface area contributed by atoms with Gasteiger partial charge in [-0.2, -0.15) is 4.31 Å². The van der Waals surface area contributed by atoms with Gasteiger partial charge in [0.25, 0.3) is 0 Å². The fourth-order valence-corrected chi connectivity index (χ4v) is 3.84. The third-order valence-electron chi connectivity index (χ3n) is 3.37. The van der Waals surface area contributed by atoms with Gasteiger partial charge in [-0.1, -0.05) is 16.8 Å². The molecule has 0 bridgehead atoms. The maximum Gasteiger partial charge on any atom is 0.220 e. The zero-order valence-electron chi connectivity index (χ0n) is 11.6. The van der Waals surface area contributed by atoms with E-state index in [4.69, 9.17) is 11.6 Å². The van der Waals surface area contributed by atoms with Crippen LogP contribution in [-0.2, 0) is 15.8 Å². The Kier molecular flexibility index (Phi) is 4.27. The summed E-state index contributed by atoms with van der Waals surface area (Å²) in [6, 6.07) is 1.55. The molecule has 0 spiro atoms. The number of sulfonamides is 1. The van der Waals surface area contributed by atoms with Gasteiger partial charge in [0.1, 0.15) is 23.0 Å². The fraction of sp³-hybridized carbons (Fsp3) is 0.417. The molecule has 118 valence electrons. The molecule has 0 amide bonds. The third-order valence-corrected chi connectivity index (χ3v) is 5.36. The molecule has 22 heavy (non-hydrogen) atoms. The lowest BCUT2D eigenvalue weighted by atomic mass is 10.3. The predicted molar refractivity (Wildman–Crippen MR) is 80.0 cm³/mol. The summed E-state index contributed by atoms with van der Waals surface area (Å²) in [6.45, 7) is 1.84. The molecule has 8 nitrogen and oxygen atoms in total. The second-order valence-electron chi connectivity index (χ2n) is 4.83. The van der Waals surface area contributed by atoms with Crippen molar-refractivity contribution >= 4 is 27.4 Å². The SMILES string of the molecule is O=S(=O)(Cc1ccon1)N1CCN(c2cncc(Cl)n2)CC1. The largest absolute Gasteiger partial charge is 0.364 e. The maximum atomic E-state index is 12.3. The number of piperazine rings is 1. The molecule has 0 aliphatic carbocycles. The van der Waals surface area contributed by atoms with Gasteiger partial charge < -0.3 is 9.42 Å². The summed E-state index contributed by atoms with van der Waals surface area (Å²) in [5.41, 5.74) is 0.406. The second kappa shape index (κ2) is 6.19. The molecule has 0 saturated carbocycles. The lowest BCUT2D eigenvalue weighted by Crippen LogP contribution is -2.49. The Morgan fingerprint density at radius 1 is 1.23 bits per heavy atom. The Labute approximate surface area is 132 Å². The van der Waals surface area contributed by atoms with E-state index in [9.17, 15) is 8.42 Å². The van der Waals surface area contributed by atoms with E-state index < -0.39 is 10.0 Å². The van der Waals surface area contributed by atoms with Gasteiger partial charge in [0.15, 0.2) is 0 Å². The quantitative estimate of drug-likeness (QED) is 0.809. The molecular formula is C12H14ClN5O3S. The van der Waals surface area contributed by atoms with Crippen LogP contribution in [0.3, 0.4) is 0 Å². The maximum absolute atomic E-state index is 12.3. The molecule has 1 fully saturated rings. The Balaban J connectivity index is 1.64. The number of hydrogen-bond donors (Lipinski definition) is 0. The van der Waals surface area contributed by atoms with Gasteiger partial charge in [0.05, 0.1) is 18.1 Å². The van der Waals surface area contributed by atoms with Gasteiger partial charge >= 0.3 is 0 Å². The summed E-state index contributed by atoms with van der Waals surface area (Å²) in [5.74, 6) is 0.501. The zero-order valence-corrected chi connectivity index (χ0v) is 13.2. The molecular weight excluding hydrogens is 330 g/mol. The average Bonchev–Trinajstić information content (AvgIpc) is 2.99. The molecule has 10 heteroatoms. The molecule has 1 aliphatic heterocycles. The third kappa shape index (κ3) is 3.37. The Morgan fingerprint density at radius 3 is 2.64 bits per heavy atom. The minimum Gasteiger partial charge on any atom is -0.364 e. The highest BCUT2D eigenvalue weighted by molar-refractivity contribution is 7.88. The van der Waals surface area contributed by atoms with Crippen LogP contribution in [0.1, 0.15) is 5.69 Å². The predicted octanol–water partition coefficient (Wildman–Crippen LogP) is 0.770. The van der Waals surface area contributed by atoms with E-state index in [1.54, 1.807) is 12.3 Å². The zero-order chi connectivity index (χ0) is 15.6. The number of hydrogen-bond acceptors (Lipinski definition) is 7. The van der Waals surface area contributed by atoms with Crippen molar-refractivity contribution in [2.75, 3.05) is 31.1 Å². The van der Waals surface area contributed by atoms with Crippen LogP contribution in [0.4, 0.5) is 5.82 Å². The van der Waals surface area contributed by atoms with Crippen molar-refractivity contribution in [2.24, 2.45) is 0 Å². The van der Waals surface area contributed by atoms with Gasteiger partial charge in [-0.25, -0.2) is 13.4 Å². The minimum atomic E-state index is -3.40. The van der Waals surface area contributed by atoms with Crippen molar-refractivity contribution in [1.29, 1.82) is 0 Å². The first kappa shape index (κ1) is 15.2. The first-order valence-electron chi connectivity index (χ1n) is 6.64. The highest BCUT2D eigenvalue weighted by Gasteiger charge is 2.28. The molecule has 1 aliphatic rings. The molecule has 0 aromatic carbocycles. The van der Waals surface area contributed by atoms with Crippen LogP contribution >= 0.6 is 11.6 Å². The van der Waals surface area contributed by atoms with Crippen molar-refractivity contribution < 1.29 is 12.9 Å². The van der Waals surface area contributed by atoms with Crippen molar-refractivity contribution in [1.82, 2.24) is 19.4 Å². The van der Waals surface area contributed by atoms with Crippen LogP contribution in [0, 0.1) is 0 Å². The number of nitrogens with zero attached hydrogens (tertiary/aromatic N) is 5. The summed E-state index contributed by atoms with van der Waals surface area (Å²) in [7, 11) is -3.40. The second-order valence-corrected chi connectivity index (χ2v) is 7.19. The first-order chi connectivity index (χ1) is 10.5. The Bertz CT molecular complexity index is 729. The number of halogens is 1. The van der Waals surface area contributed by atoms with E-state index in [2.05, 4.69) is 19.6 Å². The normalized spacial score (nSPS) is 16.9. The monoisotopic (exact) mass is 343 g/mol. The summed E-state index contributed by atoms with van der Waals surface area (Å²) < 4.78 is 30.8. The molecule has 0 radical (unpaired) electrons. The van der Waals surface area contributed by atoms with Gasteiger partial charge in [-0.15, -0.1) is 0 Å². The molecule has 0 unspecified atom stereocenters. The highest BCUT2D eigenvalue weighted by Crippen LogP contribution is 2.17. The smallest absolute Gasteiger partial charge is 0.220 e. The van der Waals surface area contributed by atoms with Crippen LogP contribution in [0.25, 0.3) is 0 Å². The average molecular weight is 344 g/mol. The molecule has 2 aromatic rings. The van der Waals surface area contributed by atoms with Crippen molar-refractivity contribution in [3.8, 4) is 0 Å². The topological polar surface area (TPSA) is 92.4 Å². The van der Waals surface area contributed by atoms with Crippen LogP contribution in [0.2, 0.25) is 5.15 Å². The summed E-state index contributed by atoms with van der Waals surface area (Å²) >= 11 is 5.82. The highest BCUT2D eigenvalue weighted by atomic mass is 35.5. The molecule has 0 N–H and O–H groups in total. The van der Waals surface area contributed by atoms with E-state index >= 15 is 0 Å². The summed E-state index contributed by atoms with van der Waals surface area (Å²) in [6.07, 6.45) is 4.44. The minimum absolute atomic E-state index is 0.152. The lowest BCUT2D eigenvalue weighted by Gasteiger charge is -2.34. The Hall–Kier alpha value is -1.71. The number of aromatic nitrogens is 3. The molecule has 0 atom stereocenters. The van der Waals surface area contributed by atoms with Gasteiger partial charge in [0, 0.05) is 32.2 Å². The van der Waals surface area contributed by atoms with Gasteiger partial charge in [-0.05, 0) is 0 Å². The van der Waals surface area contributed by atoms with E-state index in [0.29, 0.717) is 42.8 Å². The Morgan fingerprint density at radius 2 is 2.00 bits per heavy atom. The van der Waals surface area contributed by atoms with Crippen LogP contribution in [0.5, 0.6) is 0 Å². The standard InChI is InChI=1S/C12H14ClN5O3S/c13-11-7-14-8-12(15-11)17-2-4-18(5-3-17)22(19,20)9-10-1-6-21-16-10/h1,6-8H,2-5,9H2. The van der Waals surface area contributed by atoms with Crippen molar-refractivity contribution in [2.45, 2.75) is 5.75 Å². The number of anilines is 1. The molecule has 2 aromatic heterocycles. The molecule has 1 saturated heterocycles. The number of rotatable bonds is 4. The lowest BCUT2D eigenvalue weighted by molar-refractivity contribution is 0.380. The summed E-state index contributed by atoms with van der Waals surface area (Å²) in [5, 5.41) is 3.96. The van der Waals surface area contributed by atoms with Crippen LogP contribution < -0.4 is 4.90 Å². The summed E-state index contributed by atoms with van der Waals surface area (Å²) in [4.78, 5) is 10.1. The van der Waals surface area contributed by atoms with Crippen LogP contribution in [-0.4, -0.2) is 54.0 Å². The van der Waals surface area contributed by atoms with Gasteiger partial charge in [-0.3, -0.25) is 4.98 Å². The molecule has 3 rings (SSSR count). The first-order valence-corrected chi connectivity index (χ1v) is 8.63. The fourth-order valence-electron chi connectivity index (χ4n) is 2.27. The van der Waals surface area contributed by atoms with Crippen molar-refractivity contribution in [3.05, 3.63) is 35.6 Å². The molecule has 3 heterocycles. The van der Waals surface area contributed by atoms with E-state index in [1.165, 1.54) is 16.8 Å². The van der Waals surface area contributed by atoms with Gasteiger partial charge in [0.2, 0.25) is 10.0 Å². The van der Waals surface area contributed by atoms with Crippen molar-refractivity contribution in [3.63, 3.8) is 0 Å². The van der Waals surface area contributed by atoms with Crippen LogP contribution in [0.15, 0.2) is 29.2 Å². The van der Waals surface area contributed by atoms with E-state index in [-0.39, 0.29) is 5.75 Å². The van der Waals surface area contributed by atoms with E-state index in [1.807, 2.05) is 4.90 Å². The van der Waals surface area contributed by atoms with E-state index in [0.717, 1.165) is 0 Å².